The second-order valence-electron chi connectivity index (χ2n) is 6.62. The summed E-state index contributed by atoms with van der Waals surface area (Å²) in [5, 5.41) is 14.7. The topological polar surface area (TPSA) is 92.9 Å². The van der Waals surface area contributed by atoms with E-state index in [0.29, 0.717) is 33.8 Å². The van der Waals surface area contributed by atoms with Gasteiger partial charge in [0.05, 0.1) is 18.7 Å². The van der Waals surface area contributed by atoms with Crippen LogP contribution in [0.2, 0.25) is 0 Å². The molecule has 1 aliphatic rings. The van der Waals surface area contributed by atoms with Crippen molar-refractivity contribution in [2.45, 2.75) is 13.0 Å². The van der Waals surface area contributed by atoms with Crippen LogP contribution in [0.3, 0.4) is 0 Å². The monoisotopic (exact) mass is 390 g/mol. The zero-order chi connectivity index (χ0) is 20.5. The Labute approximate surface area is 166 Å². The summed E-state index contributed by atoms with van der Waals surface area (Å²) >= 11 is 0. The molecule has 1 N–H and O–H groups in total. The van der Waals surface area contributed by atoms with Gasteiger partial charge in [-0.25, -0.2) is 4.79 Å². The second-order valence-corrected chi connectivity index (χ2v) is 6.62. The first kappa shape index (κ1) is 18.5. The fraction of sp³-hybridized carbons (Fsp3) is 0.136. The first-order chi connectivity index (χ1) is 14.0. The number of hydrogen-bond donors (Lipinski definition) is 1. The Kier molecular flexibility index (Phi) is 4.64. The average Bonchev–Trinajstić information content (AvgIpc) is 3.29. The third kappa shape index (κ3) is 3.16. The summed E-state index contributed by atoms with van der Waals surface area (Å²) in [6, 6.07) is 16.9. The van der Waals surface area contributed by atoms with Crippen molar-refractivity contribution in [3.05, 3.63) is 88.9 Å². The van der Waals surface area contributed by atoms with Gasteiger partial charge in [0, 0.05) is 11.6 Å². The van der Waals surface area contributed by atoms with Gasteiger partial charge in [0.1, 0.15) is 5.76 Å². The Hall–Kier alpha value is -3.87. The van der Waals surface area contributed by atoms with Crippen LogP contribution in [0.1, 0.15) is 33.3 Å². The molecule has 1 aliphatic heterocycles. The number of nitrogens with zero attached hydrogens (tertiary/aromatic N) is 2. The van der Waals surface area contributed by atoms with Crippen LogP contribution in [0, 0.1) is 6.92 Å². The van der Waals surface area contributed by atoms with Gasteiger partial charge in [0.2, 0.25) is 0 Å². The first-order valence-corrected chi connectivity index (χ1v) is 8.95. The summed E-state index contributed by atoms with van der Waals surface area (Å²) in [5.74, 6) is -0.532. The van der Waals surface area contributed by atoms with E-state index in [1.165, 1.54) is 12.0 Å². The molecule has 0 saturated carbocycles. The van der Waals surface area contributed by atoms with E-state index in [1.54, 1.807) is 37.3 Å². The molecule has 0 aliphatic carbocycles. The molecule has 0 saturated heterocycles. The number of methoxy groups -OCH3 is 1. The molecule has 1 unspecified atom stereocenters. The van der Waals surface area contributed by atoms with E-state index in [9.17, 15) is 14.7 Å². The Morgan fingerprint density at radius 2 is 1.83 bits per heavy atom. The molecule has 3 aromatic rings. The number of carbonyl (C=O) groups is 2. The fourth-order valence-electron chi connectivity index (χ4n) is 3.46. The predicted molar refractivity (Wildman–Crippen MR) is 105 cm³/mol. The smallest absolute Gasteiger partial charge is 0.337 e. The van der Waals surface area contributed by atoms with Crippen molar-refractivity contribution >= 4 is 23.3 Å². The molecule has 1 atom stereocenters. The lowest BCUT2D eigenvalue weighted by atomic mass is 9.93. The number of aliphatic hydroxyl groups excluding tert-OH is 1. The van der Waals surface area contributed by atoms with Gasteiger partial charge in [0.25, 0.3) is 5.91 Å². The van der Waals surface area contributed by atoms with E-state index < -0.39 is 17.9 Å². The molecule has 7 heteroatoms. The average molecular weight is 390 g/mol. The highest BCUT2D eigenvalue weighted by molar-refractivity contribution is 6.15. The van der Waals surface area contributed by atoms with E-state index in [2.05, 4.69) is 5.16 Å². The summed E-state index contributed by atoms with van der Waals surface area (Å²) < 4.78 is 9.89. The summed E-state index contributed by atoms with van der Waals surface area (Å²) in [4.78, 5) is 26.1. The van der Waals surface area contributed by atoms with E-state index in [4.69, 9.17) is 9.26 Å². The SMILES string of the molecule is COC(=O)c1ccc(C2C(c3ccccc3)=C(O)C(=O)N2c2cc(C)on2)cc1. The van der Waals surface area contributed by atoms with Crippen LogP contribution in [0.5, 0.6) is 0 Å². The minimum absolute atomic E-state index is 0.298. The third-order valence-electron chi connectivity index (χ3n) is 4.80. The lowest BCUT2D eigenvalue weighted by molar-refractivity contribution is -0.117. The van der Waals surface area contributed by atoms with Crippen molar-refractivity contribution in [2.24, 2.45) is 0 Å². The van der Waals surface area contributed by atoms with E-state index in [-0.39, 0.29) is 5.76 Å². The van der Waals surface area contributed by atoms with Crippen LogP contribution in [0.15, 0.2) is 70.9 Å². The number of benzene rings is 2. The first-order valence-electron chi connectivity index (χ1n) is 8.95. The number of amides is 1. The van der Waals surface area contributed by atoms with E-state index >= 15 is 0 Å². The summed E-state index contributed by atoms with van der Waals surface area (Å²) in [6.07, 6.45) is 0. The maximum atomic E-state index is 13.0. The minimum atomic E-state index is -0.638. The van der Waals surface area contributed by atoms with Gasteiger partial charge >= 0.3 is 5.97 Å². The van der Waals surface area contributed by atoms with Crippen molar-refractivity contribution in [1.29, 1.82) is 0 Å². The number of hydrogen-bond acceptors (Lipinski definition) is 6. The van der Waals surface area contributed by atoms with E-state index in [0.717, 1.165) is 0 Å². The molecule has 0 radical (unpaired) electrons. The Balaban J connectivity index is 1.86. The molecule has 4 rings (SSSR count). The number of aromatic nitrogens is 1. The number of anilines is 1. The fourth-order valence-corrected chi connectivity index (χ4v) is 3.46. The van der Waals surface area contributed by atoms with Crippen molar-refractivity contribution in [3.63, 3.8) is 0 Å². The van der Waals surface area contributed by atoms with Crippen LogP contribution < -0.4 is 4.90 Å². The lowest BCUT2D eigenvalue weighted by Crippen LogP contribution is -2.30. The molecule has 0 fully saturated rings. The predicted octanol–water partition coefficient (Wildman–Crippen LogP) is 3.83. The molecular weight excluding hydrogens is 372 g/mol. The highest BCUT2D eigenvalue weighted by atomic mass is 16.5. The summed E-state index contributed by atoms with van der Waals surface area (Å²) in [5.41, 5.74) is 2.26. The van der Waals surface area contributed by atoms with Gasteiger partial charge in [-0.2, -0.15) is 0 Å². The Morgan fingerprint density at radius 3 is 2.41 bits per heavy atom. The molecular formula is C22H18N2O5. The van der Waals surface area contributed by atoms with Crippen molar-refractivity contribution < 1.29 is 24.0 Å². The third-order valence-corrected chi connectivity index (χ3v) is 4.80. The van der Waals surface area contributed by atoms with Crippen LogP contribution in [0.25, 0.3) is 5.57 Å². The number of aliphatic hydroxyl groups is 1. The summed E-state index contributed by atoms with van der Waals surface area (Å²) in [7, 11) is 1.31. The number of aryl methyl sites for hydroxylation is 1. The quantitative estimate of drug-likeness (QED) is 0.681. The van der Waals surface area contributed by atoms with Gasteiger partial charge in [-0.3, -0.25) is 9.69 Å². The Morgan fingerprint density at radius 1 is 1.14 bits per heavy atom. The van der Waals surface area contributed by atoms with Crippen molar-refractivity contribution in [3.8, 4) is 0 Å². The number of ether oxygens (including phenoxy) is 1. The van der Waals surface area contributed by atoms with Crippen LogP contribution in [-0.2, 0) is 9.53 Å². The molecule has 2 aromatic carbocycles. The highest BCUT2D eigenvalue weighted by Gasteiger charge is 2.43. The molecule has 29 heavy (non-hydrogen) atoms. The van der Waals surface area contributed by atoms with Gasteiger partial charge in [0.15, 0.2) is 11.6 Å². The van der Waals surface area contributed by atoms with Crippen molar-refractivity contribution in [1.82, 2.24) is 5.16 Å². The number of carbonyl (C=O) groups excluding carboxylic acids is 2. The van der Waals surface area contributed by atoms with Gasteiger partial charge < -0.3 is 14.4 Å². The molecule has 0 spiro atoms. The van der Waals surface area contributed by atoms with Gasteiger partial charge in [-0.05, 0) is 30.2 Å². The van der Waals surface area contributed by atoms with Crippen LogP contribution >= 0.6 is 0 Å². The summed E-state index contributed by atoms with van der Waals surface area (Å²) in [6.45, 7) is 1.72. The largest absolute Gasteiger partial charge is 0.503 e. The molecule has 2 heterocycles. The normalized spacial score (nSPS) is 16.4. The van der Waals surface area contributed by atoms with Gasteiger partial charge in [-0.15, -0.1) is 0 Å². The zero-order valence-electron chi connectivity index (χ0n) is 15.8. The van der Waals surface area contributed by atoms with Crippen molar-refractivity contribution in [2.75, 3.05) is 12.0 Å². The van der Waals surface area contributed by atoms with Gasteiger partial charge in [-0.1, -0.05) is 47.6 Å². The molecule has 7 nitrogen and oxygen atoms in total. The molecule has 1 amide bonds. The lowest BCUT2D eigenvalue weighted by Gasteiger charge is -2.25. The Bertz CT molecular complexity index is 1100. The zero-order valence-corrected chi connectivity index (χ0v) is 15.8. The molecule has 1 aromatic heterocycles. The standard InChI is InChI=1S/C22H18N2O5/c1-13-12-17(23-29-13)24-19(15-8-10-16(11-9-15)22(27)28-2)18(20(25)21(24)26)14-6-4-3-5-7-14/h3-12,19,25H,1-2H3. The molecule has 146 valence electrons. The number of esters is 1. The second kappa shape index (κ2) is 7.27. The maximum Gasteiger partial charge on any atom is 0.337 e. The van der Waals surface area contributed by atoms with Crippen LogP contribution in [0.4, 0.5) is 5.82 Å². The minimum Gasteiger partial charge on any atom is -0.503 e. The molecule has 0 bridgehead atoms. The van der Waals surface area contributed by atoms with E-state index in [1.807, 2.05) is 30.3 Å². The van der Waals surface area contributed by atoms with Crippen LogP contribution in [-0.4, -0.2) is 29.2 Å². The maximum absolute atomic E-state index is 13.0. The highest BCUT2D eigenvalue weighted by Crippen LogP contribution is 2.45. The number of rotatable bonds is 4.